The summed E-state index contributed by atoms with van der Waals surface area (Å²) in [4.78, 5) is 4.09. The number of pyridine rings is 1. The van der Waals surface area contributed by atoms with Crippen molar-refractivity contribution >= 4 is 0 Å². The summed E-state index contributed by atoms with van der Waals surface area (Å²) in [5.41, 5.74) is 1.50. The first-order chi connectivity index (χ1) is 7.31. The van der Waals surface area contributed by atoms with Gasteiger partial charge in [0.2, 0.25) is 0 Å². The van der Waals surface area contributed by atoms with Crippen LogP contribution in [-0.4, -0.2) is 18.2 Å². The van der Waals surface area contributed by atoms with Gasteiger partial charge in [-0.2, -0.15) is 0 Å². The molecule has 0 aliphatic carbocycles. The Labute approximate surface area is 90.4 Å². The number of ether oxygens (including phenoxy) is 2. The molecule has 0 atom stereocenters. The van der Waals surface area contributed by atoms with Crippen LogP contribution in [-0.2, 0) is 9.47 Å². The van der Waals surface area contributed by atoms with Gasteiger partial charge < -0.3 is 9.47 Å². The van der Waals surface area contributed by atoms with Crippen LogP contribution in [0.25, 0.3) is 0 Å². The number of terminal acetylenes is 1. The van der Waals surface area contributed by atoms with Crippen LogP contribution >= 0.6 is 0 Å². The molecular formula is C12H15NO2. The molecule has 3 nitrogen and oxygen atoms in total. The van der Waals surface area contributed by atoms with Gasteiger partial charge >= 0.3 is 0 Å². The fourth-order valence-electron chi connectivity index (χ4n) is 1.17. The summed E-state index contributed by atoms with van der Waals surface area (Å²) in [5.74, 6) is 2.46. The highest BCUT2D eigenvalue weighted by Crippen LogP contribution is 2.17. The van der Waals surface area contributed by atoms with Gasteiger partial charge in [-0.25, -0.2) is 4.98 Å². The normalized spacial score (nSPS) is 10.3. The Morgan fingerprint density at radius 3 is 2.40 bits per heavy atom. The molecule has 0 radical (unpaired) electrons. The van der Waals surface area contributed by atoms with Gasteiger partial charge in [0.25, 0.3) is 0 Å². The van der Waals surface area contributed by atoms with Crippen LogP contribution in [0, 0.1) is 12.3 Å². The molecule has 0 aliphatic rings. The van der Waals surface area contributed by atoms with E-state index < -0.39 is 0 Å². The molecule has 0 saturated carbocycles. The largest absolute Gasteiger partial charge is 0.349 e. The highest BCUT2D eigenvalue weighted by Gasteiger charge is 2.10. The molecular weight excluding hydrogens is 190 g/mol. The fourth-order valence-corrected chi connectivity index (χ4v) is 1.17. The van der Waals surface area contributed by atoms with Gasteiger partial charge in [0, 0.05) is 25.0 Å². The van der Waals surface area contributed by atoms with E-state index in [1.165, 1.54) is 0 Å². The SMILES string of the molecule is C#Cc1ccc(C(OCC)OCC)cn1. The second-order valence-electron chi connectivity index (χ2n) is 2.86. The van der Waals surface area contributed by atoms with Crippen molar-refractivity contribution in [3.63, 3.8) is 0 Å². The monoisotopic (exact) mass is 205 g/mol. The smallest absolute Gasteiger partial charge is 0.185 e. The summed E-state index contributed by atoms with van der Waals surface area (Å²) >= 11 is 0. The number of hydrogen-bond donors (Lipinski definition) is 0. The summed E-state index contributed by atoms with van der Waals surface area (Å²) in [6.45, 7) is 5.05. The maximum Gasteiger partial charge on any atom is 0.185 e. The summed E-state index contributed by atoms with van der Waals surface area (Å²) in [6.07, 6.45) is 6.56. The molecule has 15 heavy (non-hydrogen) atoms. The van der Waals surface area contributed by atoms with Crippen LogP contribution in [0.5, 0.6) is 0 Å². The van der Waals surface area contributed by atoms with Gasteiger partial charge in [-0.3, -0.25) is 0 Å². The van der Waals surface area contributed by atoms with Crippen LogP contribution in [0.1, 0.15) is 31.4 Å². The molecule has 0 N–H and O–H groups in total. The quantitative estimate of drug-likeness (QED) is 0.545. The van der Waals surface area contributed by atoms with E-state index in [0.717, 1.165) is 5.56 Å². The Bertz CT molecular complexity index is 320. The first kappa shape index (κ1) is 11.7. The van der Waals surface area contributed by atoms with Crippen molar-refractivity contribution < 1.29 is 9.47 Å². The maximum atomic E-state index is 5.43. The van der Waals surface area contributed by atoms with Gasteiger partial charge in [0.05, 0.1) is 0 Å². The highest BCUT2D eigenvalue weighted by molar-refractivity contribution is 5.26. The van der Waals surface area contributed by atoms with Crippen molar-refractivity contribution in [2.45, 2.75) is 20.1 Å². The highest BCUT2D eigenvalue weighted by atomic mass is 16.7. The Balaban J connectivity index is 2.77. The predicted octanol–water partition coefficient (Wildman–Crippen LogP) is 2.13. The zero-order valence-electron chi connectivity index (χ0n) is 9.06. The third kappa shape index (κ3) is 3.35. The first-order valence-electron chi connectivity index (χ1n) is 4.97. The van der Waals surface area contributed by atoms with E-state index in [2.05, 4.69) is 10.9 Å². The van der Waals surface area contributed by atoms with Crippen molar-refractivity contribution in [2.75, 3.05) is 13.2 Å². The average Bonchev–Trinajstić information content (AvgIpc) is 2.29. The summed E-state index contributed by atoms with van der Waals surface area (Å²) in [6, 6.07) is 3.65. The number of rotatable bonds is 5. The lowest BCUT2D eigenvalue weighted by atomic mass is 10.2. The molecule has 0 fully saturated rings. The van der Waals surface area contributed by atoms with E-state index in [1.54, 1.807) is 12.3 Å². The van der Waals surface area contributed by atoms with Gasteiger partial charge in [0.1, 0.15) is 5.69 Å². The Hall–Kier alpha value is -1.37. The molecule has 0 amide bonds. The molecule has 0 spiro atoms. The maximum absolute atomic E-state index is 5.43. The minimum Gasteiger partial charge on any atom is -0.349 e. The average molecular weight is 205 g/mol. The van der Waals surface area contributed by atoms with Crippen molar-refractivity contribution in [2.24, 2.45) is 0 Å². The minimum absolute atomic E-state index is 0.348. The molecule has 0 bridgehead atoms. The van der Waals surface area contributed by atoms with Gasteiger partial charge in [-0.05, 0) is 26.0 Å². The van der Waals surface area contributed by atoms with E-state index >= 15 is 0 Å². The zero-order valence-corrected chi connectivity index (χ0v) is 9.06. The molecule has 80 valence electrons. The lowest BCUT2D eigenvalue weighted by molar-refractivity contribution is -0.140. The molecule has 0 aromatic carbocycles. The second kappa shape index (κ2) is 6.18. The molecule has 1 heterocycles. The molecule has 0 aliphatic heterocycles. The van der Waals surface area contributed by atoms with E-state index in [4.69, 9.17) is 15.9 Å². The fraction of sp³-hybridized carbons (Fsp3) is 0.417. The topological polar surface area (TPSA) is 31.4 Å². The van der Waals surface area contributed by atoms with Crippen molar-refractivity contribution in [3.05, 3.63) is 29.6 Å². The van der Waals surface area contributed by atoms with Crippen LogP contribution < -0.4 is 0 Å². The van der Waals surface area contributed by atoms with E-state index in [-0.39, 0.29) is 6.29 Å². The van der Waals surface area contributed by atoms with Gasteiger partial charge in [0.15, 0.2) is 6.29 Å². The molecule has 1 rings (SSSR count). The van der Waals surface area contributed by atoms with Crippen LogP contribution in [0.3, 0.4) is 0 Å². The van der Waals surface area contributed by atoms with E-state index in [0.29, 0.717) is 18.9 Å². The zero-order chi connectivity index (χ0) is 11.1. The lowest BCUT2D eigenvalue weighted by Crippen LogP contribution is -2.09. The number of hydrogen-bond acceptors (Lipinski definition) is 3. The summed E-state index contributed by atoms with van der Waals surface area (Å²) < 4.78 is 10.9. The molecule has 0 saturated heterocycles. The van der Waals surface area contributed by atoms with Crippen LogP contribution in [0.4, 0.5) is 0 Å². The van der Waals surface area contributed by atoms with E-state index in [9.17, 15) is 0 Å². The Kier molecular flexibility index (Phi) is 4.82. The second-order valence-corrected chi connectivity index (χ2v) is 2.86. The minimum atomic E-state index is -0.348. The third-order valence-electron chi connectivity index (χ3n) is 1.84. The summed E-state index contributed by atoms with van der Waals surface area (Å²) in [5, 5.41) is 0. The summed E-state index contributed by atoms with van der Waals surface area (Å²) in [7, 11) is 0. The molecule has 1 aromatic heterocycles. The Morgan fingerprint density at radius 1 is 1.33 bits per heavy atom. The third-order valence-corrected chi connectivity index (χ3v) is 1.84. The van der Waals surface area contributed by atoms with E-state index in [1.807, 2.05) is 19.9 Å². The number of nitrogens with zero attached hydrogens (tertiary/aromatic N) is 1. The Morgan fingerprint density at radius 2 is 2.00 bits per heavy atom. The van der Waals surface area contributed by atoms with Crippen LogP contribution in [0.15, 0.2) is 18.3 Å². The van der Waals surface area contributed by atoms with Crippen molar-refractivity contribution in [1.82, 2.24) is 4.98 Å². The van der Waals surface area contributed by atoms with Gasteiger partial charge in [-0.1, -0.05) is 5.92 Å². The van der Waals surface area contributed by atoms with Crippen molar-refractivity contribution in [3.8, 4) is 12.3 Å². The molecule has 0 unspecified atom stereocenters. The predicted molar refractivity (Wildman–Crippen MR) is 58.2 cm³/mol. The van der Waals surface area contributed by atoms with Crippen molar-refractivity contribution in [1.29, 1.82) is 0 Å². The number of aromatic nitrogens is 1. The standard InChI is InChI=1S/C12H15NO2/c1-4-11-8-7-10(9-13-11)12(14-5-2)15-6-3/h1,7-9,12H,5-6H2,2-3H3. The molecule has 3 heteroatoms. The van der Waals surface area contributed by atoms with Crippen LogP contribution in [0.2, 0.25) is 0 Å². The lowest BCUT2D eigenvalue weighted by Gasteiger charge is -2.16. The van der Waals surface area contributed by atoms with Gasteiger partial charge in [-0.15, -0.1) is 6.42 Å². The first-order valence-corrected chi connectivity index (χ1v) is 4.97. The molecule has 1 aromatic rings.